The Morgan fingerprint density at radius 3 is 0.772 bits per heavy atom. The first-order valence-electron chi connectivity index (χ1n) is 35.1. The second kappa shape index (κ2) is 67.9. The van der Waals surface area contributed by atoms with Gasteiger partial charge in [-0.2, -0.15) is 0 Å². The molecule has 0 bridgehead atoms. The molecule has 0 aromatic heterocycles. The van der Waals surface area contributed by atoms with Gasteiger partial charge < -0.3 is 14.2 Å². The highest BCUT2D eigenvalue weighted by Crippen LogP contribution is 2.19. The molecule has 0 saturated heterocycles. The second-order valence-electron chi connectivity index (χ2n) is 23.8. The minimum Gasteiger partial charge on any atom is -0.462 e. The fraction of sp³-hybridized carbons (Fsp3) is 0.849. The minimum atomic E-state index is -0.784. The van der Waals surface area contributed by atoms with Crippen molar-refractivity contribution in [1.82, 2.24) is 0 Å². The number of allylic oxidation sites excluding steroid dienone is 8. The fourth-order valence-electron chi connectivity index (χ4n) is 10.6. The van der Waals surface area contributed by atoms with Crippen molar-refractivity contribution in [2.75, 3.05) is 13.2 Å². The molecule has 0 saturated carbocycles. The van der Waals surface area contributed by atoms with Crippen LogP contribution in [0.3, 0.4) is 0 Å². The molecule has 0 spiro atoms. The van der Waals surface area contributed by atoms with E-state index in [9.17, 15) is 14.4 Å². The second-order valence-corrected chi connectivity index (χ2v) is 23.8. The SMILES string of the molecule is CC/C=C\C/C=C\C/C=C\C/C=C\CCCCCCC(=O)OC(COC(=O)CCCCCCCCCCCCCC)COC(=O)CCCCCCCCCCCCCCCCCCCCCCCCCCCCCCCCCC. The van der Waals surface area contributed by atoms with E-state index >= 15 is 0 Å². The summed E-state index contributed by atoms with van der Waals surface area (Å²) in [5.41, 5.74) is 0. The van der Waals surface area contributed by atoms with Crippen LogP contribution in [0.2, 0.25) is 0 Å². The zero-order chi connectivity index (χ0) is 57.1. The minimum absolute atomic E-state index is 0.0784. The Balaban J connectivity index is 4.11. The highest BCUT2D eigenvalue weighted by atomic mass is 16.6. The fourth-order valence-corrected chi connectivity index (χ4v) is 10.6. The van der Waals surface area contributed by atoms with Crippen LogP contribution in [0, 0.1) is 0 Å². The molecule has 0 aromatic carbocycles. The van der Waals surface area contributed by atoms with Crippen LogP contribution in [0.4, 0.5) is 0 Å². The lowest BCUT2D eigenvalue weighted by molar-refractivity contribution is -0.167. The van der Waals surface area contributed by atoms with Gasteiger partial charge in [0.05, 0.1) is 0 Å². The molecule has 462 valence electrons. The lowest BCUT2D eigenvalue weighted by Gasteiger charge is -2.18. The zero-order valence-electron chi connectivity index (χ0n) is 53.2. The Morgan fingerprint density at radius 1 is 0.266 bits per heavy atom. The third-order valence-corrected chi connectivity index (χ3v) is 15.8. The molecule has 0 aliphatic heterocycles. The quantitative estimate of drug-likeness (QED) is 0.0261. The molecule has 0 rings (SSSR count). The Hall–Kier alpha value is -2.63. The van der Waals surface area contributed by atoms with Crippen molar-refractivity contribution in [2.24, 2.45) is 0 Å². The molecule has 0 radical (unpaired) electrons. The van der Waals surface area contributed by atoms with Crippen molar-refractivity contribution in [3.8, 4) is 0 Å². The number of rotatable bonds is 65. The van der Waals surface area contributed by atoms with Crippen molar-refractivity contribution < 1.29 is 28.6 Å². The lowest BCUT2D eigenvalue weighted by Crippen LogP contribution is -2.30. The van der Waals surface area contributed by atoms with Gasteiger partial charge in [0.15, 0.2) is 6.10 Å². The van der Waals surface area contributed by atoms with E-state index in [-0.39, 0.29) is 31.1 Å². The number of esters is 3. The summed E-state index contributed by atoms with van der Waals surface area (Å²) >= 11 is 0. The van der Waals surface area contributed by atoms with Crippen LogP contribution in [0.15, 0.2) is 48.6 Å². The van der Waals surface area contributed by atoms with Gasteiger partial charge in [-0.1, -0.05) is 352 Å². The number of hydrogen-bond acceptors (Lipinski definition) is 6. The highest BCUT2D eigenvalue weighted by Gasteiger charge is 2.19. The molecule has 0 heterocycles. The predicted molar refractivity (Wildman–Crippen MR) is 344 cm³/mol. The third-order valence-electron chi connectivity index (χ3n) is 15.8. The van der Waals surface area contributed by atoms with Crippen LogP contribution >= 0.6 is 0 Å². The maximum absolute atomic E-state index is 12.9. The van der Waals surface area contributed by atoms with E-state index in [1.54, 1.807) is 0 Å². The standard InChI is InChI=1S/C73H134O6/c1-4-7-10-13-16-19-22-25-27-29-30-31-32-33-34-35-36-37-38-39-40-41-42-43-45-46-48-51-54-57-60-63-66-72(75)78-69-70(68-77-71(74)65-62-59-56-53-50-24-21-18-15-12-9-6-3)79-73(76)67-64-61-58-55-52-49-47-44-28-26-23-20-17-14-11-8-5-2/h8,11,17,20,26,28,47,49,70H,4-7,9-10,12-16,18-19,21-25,27,29-46,48,50-69H2,1-3H3/b11-8-,20-17-,28-26-,49-47-. The van der Waals surface area contributed by atoms with Crippen molar-refractivity contribution in [2.45, 2.75) is 386 Å². The number of ether oxygens (including phenoxy) is 3. The molecule has 0 fully saturated rings. The van der Waals surface area contributed by atoms with Crippen LogP contribution in [0.1, 0.15) is 380 Å². The van der Waals surface area contributed by atoms with Crippen molar-refractivity contribution in [3.05, 3.63) is 48.6 Å². The summed E-state index contributed by atoms with van der Waals surface area (Å²) in [5.74, 6) is -0.879. The topological polar surface area (TPSA) is 78.9 Å². The van der Waals surface area contributed by atoms with Crippen LogP contribution in [0.5, 0.6) is 0 Å². The number of carbonyl (C=O) groups excluding carboxylic acids is 3. The van der Waals surface area contributed by atoms with E-state index in [1.165, 1.54) is 244 Å². The van der Waals surface area contributed by atoms with Gasteiger partial charge in [0, 0.05) is 19.3 Å². The molecule has 1 unspecified atom stereocenters. The summed E-state index contributed by atoms with van der Waals surface area (Å²) in [5, 5.41) is 0. The van der Waals surface area contributed by atoms with Gasteiger partial charge >= 0.3 is 17.9 Å². The molecule has 0 aliphatic carbocycles. The molecule has 0 aliphatic rings. The van der Waals surface area contributed by atoms with Crippen LogP contribution in [-0.4, -0.2) is 37.2 Å². The Bertz CT molecular complexity index is 1360. The highest BCUT2D eigenvalue weighted by molar-refractivity contribution is 5.71. The Morgan fingerprint density at radius 2 is 0.494 bits per heavy atom. The summed E-state index contributed by atoms with van der Waals surface area (Å²) in [6.07, 6.45) is 85.9. The van der Waals surface area contributed by atoms with Gasteiger partial charge in [-0.25, -0.2) is 0 Å². The average molecular weight is 1110 g/mol. The van der Waals surface area contributed by atoms with E-state index in [4.69, 9.17) is 14.2 Å². The first-order chi connectivity index (χ1) is 39.0. The summed E-state index contributed by atoms with van der Waals surface area (Å²) in [4.78, 5) is 38.3. The normalized spacial score (nSPS) is 12.3. The first-order valence-corrected chi connectivity index (χ1v) is 35.1. The monoisotopic (exact) mass is 1110 g/mol. The van der Waals surface area contributed by atoms with Gasteiger partial charge in [0.25, 0.3) is 0 Å². The van der Waals surface area contributed by atoms with Gasteiger partial charge in [0.2, 0.25) is 0 Å². The predicted octanol–water partition coefficient (Wildman–Crippen LogP) is 24.1. The van der Waals surface area contributed by atoms with Crippen LogP contribution in [0.25, 0.3) is 0 Å². The lowest BCUT2D eigenvalue weighted by atomic mass is 10.0. The summed E-state index contributed by atoms with van der Waals surface area (Å²) in [6.45, 7) is 6.56. The van der Waals surface area contributed by atoms with Crippen molar-refractivity contribution >= 4 is 17.9 Å². The number of hydrogen-bond donors (Lipinski definition) is 0. The Labute approximate surface area is 492 Å². The molecule has 6 nitrogen and oxygen atoms in total. The van der Waals surface area contributed by atoms with E-state index in [0.717, 1.165) is 96.3 Å². The zero-order valence-corrected chi connectivity index (χ0v) is 53.2. The molecule has 6 heteroatoms. The van der Waals surface area contributed by atoms with Crippen molar-refractivity contribution in [3.63, 3.8) is 0 Å². The average Bonchev–Trinajstić information content (AvgIpc) is 3.45. The van der Waals surface area contributed by atoms with E-state index < -0.39 is 6.10 Å². The molecule has 1 atom stereocenters. The van der Waals surface area contributed by atoms with Crippen molar-refractivity contribution in [1.29, 1.82) is 0 Å². The summed E-state index contributed by atoms with van der Waals surface area (Å²) < 4.78 is 16.9. The van der Waals surface area contributed by atoms with Crippen LogP contribution in [-0.2, 0) is 28.6 Å². The van der Waals surface area contributed by atoms with E-state index in [0.29, 0.717) is 19.3 Å². The largest absolute Gasteiger partial charge is 0.462 e. The number of unbranched alkanes of at least 4 members (excludes halogenated alkanes) is 46. The molecule has 0 aromatic rings. The smallest absolute Gasteiger partial charge is 0.306 e. The summed E-state index contributed by atoms with van der Waals surface area (Å²) in [6, 6.07) is 0. The molecule has 0 N–H and O–H groups in total. The van der Waals surface area contributed by atoms with Gasteiger partial charge in [-0.3, -0.25) is 14.4 Å². The maximum Gasteiger partial charge on any atom is 0.306 e. The Kier molecular flexibility index (Phi) is 65.6. The first kappa shape index (κ1) is 76.4. The maximum atomic E-state index is 12.9. The van der Waals surface area contributed by atoms with Gasteiger partial charge in [0.1, 0.15) is 13.2 Å². The molecule has 79 heavy (non-hydrogen) atoms. The molecular weight excluding hydrogens is 973 g/mol. The molecule has 0 amide bonds. The summed E-state index contributed by atoms with van der Waals surface area (Å²) in [7, 11) is 0. The van der Waals surface area contributed by atoms with Gasteiger partial charge in [-0.15, -0.1) is 0 Å². The third kappa shape index (κ3) is 66.1. The van der Waals surface area contributed by atoms with Crippen LogP contribution < -0.4 is 0 Å². The molecular formula is C73H134O6. The van der Waals surface area contributed by atoms with Gasteiger partial charge in [-0.05, 0) is 57.8 Å². The number of carbonyl (C=O) groups is 3. The van der Waals surface area contributed by atoms with E-state index in [2.05, 4.69) is 69.4 Å². The van der Waals surface area contributed by atoms with E-state index in [1.807, 2.05) is 0 Å².